The molecule has 1 aliphatic carbocycles. The van der Waals surface area contributed by atoms with Gasteiger partial charge in [0, 0.05) is 22.4 Å². The fourth-order valence-electron chi connectivity index (χ4n) is 2.79. The van der Waals surface area contributed by atoms with Crippen LogP contribution in [0.25, 0.3) is 10.9 Å². The fraction of sp³-hybridized carbons (Fsp3) is 0.438. The van der Waals surface area contributed by atoms with Crippen molar-refractivity contribution in [2.75, 3.05) is 13.2 Å². The van der Waals surface area contributed by atoms with Crippen LogP contribution in [0.3, 0.4) is 0 Å². The molecule has 2 aromatic rings. The lowest BCUT2D eigenvalue weighted by molar-refractivity contribution is 0.134. The number of fused-ring (bicyclic) bond motifs is 3. The highest BCUT2D eigenvalue weighted by atomic mass is 79.9. The Morgan fingerprint density at radius 3 is 2.82 bits per heavy atom. The van der Waals surface area contributed by atoms with Crippen molar-refractivity contribution in [2.45, 2.75) is 26.1 Å². The van der Waals surface area contributed by atoms with Crippen molar-refractivity contribution < 1.29 is 19.0 Å². The minimum Gasteiger partial charge on any atom is -0.477 e. The third-order valence-electron chi connectivity index (χ3n) is 4.54. The Morgan fingerprint density at radius 2 is 2.09 bits per heavy atom. The number of rotatable bonds is 4. The van der Waals surface area contributed by atoms with Crippen LogP contribution in [0.15, 0.2) is 16.6 Å². The van der Waals surface area contributed by atoms with Gasteiger partial charge in [0.1, 0.15) is 5.52 Å². The zero-order valence-electron chi connectivity index (χ0n) is 11.9. The summed E-state index contributed by atoms with van der Waals surface area (Å²) in [6.07, 6.45) is 1.92. The summed E-state index contributed by atoms with van der Waals surface area (Å²) in [4.78, 5) is 4.31. The molecule has 0 unspecified atom stereocenters. The van der Waals surface area contributed by atoms with Crippen LogP contribution in [0.4, 0.5) is 4.39 Å². The van der Waals surface area contributed by atoms with E-state index in [1.165, 1.54) is 0 Å². The molecule has 1 aromatic heterocycles. The van der Waals surface area contributed by atoms with Crippen LogP contribution in [0.5, 0.6) is 5.88 Å². The van der Waals surface area contributed by atoms with E-state index in [2.05, 4.69) is 20.9 Å². The zero-order valence-corrected chi connectivity index (χ0v) is 13.5. The number of hydrogen-bond donors (Lipinski definition) is 1. The van der Waals surface area contributed by atoms with Gasteiger partial charge in [0.15, 0.2) is 5.82 Å². The van der Waals surface area contributed by atoms with Crippen molar-refractivity contribution in [3.63, 3.8) is 0 Å². The Hall–Kier alpha value is -1.24. The minimum absolute atomic E-state index is 0.116. The van der Waals surface area contributed by atoms with Gasteiger partial charge in [-0.05, 0) is 40.4 Å². The number of nitrogens with zero attached hydrogens (tertiary/aromatic N) is 1. The van der Waals surface area contributed by atoms with Gasteiger partial charge in [-0.2, -0.15) is 0 Å². The van der Waals surface area contributed by atoms with Crippen molar-refractivity contribution in [2.24, 2.45) is 5.41 Å². The first-order valence-corrected chi connectivity index (χ1v) is 8.04. The molecule has 6 heteroatoms. The highest BCUT2D eigenvalue weighted by Crippen LogP contribution is 2.45. The van der Waals surface area contributed by atoms with Crippen molar-refractivity contribution in [3.8, 4) is 5.88 Å². The quantitative estimate of drug-likeness (QED) is 0.900. The Kier molecular flexibility index (Phi) is 3.36. The highest BCUT2D eigenvalue weighted by Gasteiger charge is 2.43. The maximum absolute atomic E-state index is 14.5. The van der Waals surface area contributed by atoms with Crippen molar-refractivity contribution in [1.29, 1.82) is 0 Å². The number of benzene rings is 1. The molecule has 22 heavy (non-hydrogen) atoms. The van der Waals surface area contributed by atoms with Gasteiger partial charge in [0.25, 0.3) is 0 Å². The summed E-state index contributed by atoms with van der Waals surface area (Å²) in [5.74, 6) is 0.00452. The van der Waals surface area contributed by atoms with Gasteiger partial charge in [-0.3, -0.25) is 0 Å². The molecule has 1 saturated carbocycles. The molecule has 4 nitrogen and oxygen atoms in total. The Labute approximate surface area is 135 Å². The molecule has 0 bridgehead atoms. The standard InChI is InChI=1S/C16H15BrFNO3/c17-13-11-6-21-5-10(11)9-1-2-12(19-15(9)14(13)18)22-8-16(7-20)3-4-16/h1-2,20H,3-8H2. The van der Waals surface area contributed by atoms with Crippen LogP contribution in [0.1, 0.15) is 24.0 Å². The first kappa shape index (κ1) is 14.4. The van der Waals surface area contributed by atoms with E-state index in [0.717, 1.165) is 29.4 Å². The number of aromatic nitrogens is 1. The highest BCUT2D eigenvalue weighted by molar-refractivity contribution is 9.10. The molecular formula is C16H15BrFNO3. The lowest BCUT2D eigenvalue weighted by Gasteiger charge is -2.14. The largest absolute Gasteiger partial charge is 0.477 e. The van der Waals surface area contributed by atoms with E-state index in [9.17, 15) is 9.50 Å². The number of aliphatic hydroxyl groups is 1. The Morgan fingerprint density at radius 1 is 1.32 bits per heavy atom. The lowest BCUT2D eigenvalue weighted by atomic mass is 10.0. The molecule has 0 atom stereocenters. The summed E-state index contributed by atoms with van der Waals surface area (Å²) in [7, 11) is 0. The van der Waals surface area contributed by atoms with Gasteiger partial charge in [-0.1, -0.05) is 0 Å². The molecule has 1 fully saturated rings. The fourth-order valence-corrected chi connectivity index (χ4v) is 3.33. The van der Waals surface area contributed by atoms with E-state index in [4.69, 9.17) is 9.47 Å². The molecule has 1 N–H and O–H groups in total. The summed E-state index contributed by atoms with van der Waals surface area (Å²) in [6, 6.07) is 3.58. The second-order valence-electron chi connectivity index (χ2n) is 6.07. The van der Waals surface area contributed by atoms with Crippen LogP contribution in [-0.2, 0) is 18.0 Å². The van der Waals surface area contributed by atoms with Crippen LogP contribution >= 0.6 is 15.9 Å². The average Bonchev–Trinajstić information content (AvgIpc) is 3.17. The predicted octanol–water partition coefficient (Wildman–Crippen LogP) is 3.32. The molecule has 1 aromatic carbocycles. The molecule has 0 saturated heterocycles. The number of pyridine rings is 1. The van der Waals surface area contributed by atoms with Gasteiger partial charge in [-0.15, -0.1) is 0 Å². The molecule has 4 rings (SSSR count). The molecule has 2 aliphatic rings. The lowest BCUT2D eigenvalue weighted by Crippen LogP contribution is -2.17. The van der Waals surface area contributed by atoms with Crippen molar-refractivity contribution in [3.05, 3.63) is 33.5 Å². The summed E-state index contributed by atoms with van der Waals surface area (Å²) >= 11 is 3.30. The third-order valence-corrected chi connectivity index (χ3v) is 5.36. The van der Waals surface area contributed by atoms with Gasteiger partial charge in [-0.25, -0.2) is 9.37 Å². The average molecular weight is 368 g/mol. The SMILES string of the molecule is OCC1(COc2ccc3c4c(c(Br)c(F)c3n2)COC4)CC1. The first-order valence-electron chi connectivity index (χ1n) is 7.24. The van der Waals surface area contributed by atoms with Crippen LogP contribution in [-0.4, -0.2) is 23.3 Å². The minimum atomic E-state index is -0.381. The molecule has 2 heterocycles. The molecule has 116 valence electrons. The molecule has 0 spiro atoms. The number of halogens is 2. The van der Waals surface area contributed by atoms with Gasteiger partial charge in [0.05, 0.1) is 30.9 Å². The van der Waals surface area contributed by atoms with E-state index in [0.29, 0.717) is 35.7 Å². The van der Waals surface area contributed by atoms with Gasteiger partial charge < -0.3 is 14.6 Å². The van der Waals surface area contributed by atoms with Crippen LogP contribution < -0.4 is 4.74 Å². The maximum Gasteiger partial charge on any atom is 0.213 e. The second-order valence-corrected chi connectivity index (χ2v) is 6.86. The predicted molar refractivity (Wildman–Crippen MR) is 82.1 cm³/mol. The summed E-state index contributed by atoms with van der Waals surface area (Å²) < 4.78 is 26.0. The smallest absolute Gasteiger partial charge is 0.213 e. The monoisotopic (exact) mass is 367 g/mol. The summed E-state index contributed by atoms with van der Waals surface area (Å²) in [6.45, 7) is 1.42. The molecule has 0 radical (unpaired) electrons. The number of ether oxygens (including phenoxy) is 2. The van der Waals surface area contributed by atoms with Crippen molar-refractivity contribution in [1.82, 2.24) is 4.98 Å². The molecule has 0 amide bonds. The van der Waals surface area contributed by atoms with E-state index in [1.807, 2.05) is 6.07 Å². The third kappa shape index (κ3) is 2.21. The van der Waals surface area contributed by atoms with E-state index < -0.39 is 0 Å². The van der Waals surface area contributed by atoms with Gasteiger partial charge >= 0.3 is 0 Å². The molecule has 1 aliphatic heterocycles. The van der Waals surface area contributed by atoms with E-state index in [1.54, 1.807) is 6.07 Å². The Balaban J connectivity index is 1.72. The number of aliphatic hydroxyl groups excluding tert-OH is 1. The van der Waals surface area contributed by atoms with E-state index in [-0.39, 0.29) is 17.8 Å². The maximum atomic E-state index is 14.5. The topological polar surface area (TPSA) is 51.6 Å². The van der Waals surface area contributed by atoms with Crippen LogP contribution in [0.2, 0.25) is 0 Å². The first-order chi connectivity index (χ1) is 10.6. The normalized spacial score (nSPS) is 18.5. The zero-order chi connectivity index (χ0) is 15.3. The van der Waals surface area contributed by atoms with Crippen molar-refractivity contribution >= 4 is 26.8 Å². The summed E-state index contributed by atoms with van der Waals surface area (Å²) in [5.41, 5.74) is 2.01. The van der Waals surface area contributed by atoms with E-state index >= 15 is 0 Å². The number of hydrogen-bond acceptors (Lipinski definition) is 4. The Bertz CT molecular complexity index is 761. The van der Waals surface area contributed by atoms with Crippen LogP contribution in [0, 0.1) is 11.2 Å². The molecular weight excluding hydrogens is 353 g/mol. The van der Waals surface area contributed by atoms with Gasteiger partial charge in [0.2, 0.25) is 5.88 Å². The second kappa shape index (κ2) is 5.15. The summed E-state index contributed by atoms with van der Waals surface area (Å²) in [5, 5.41) is 10.1.